The minimum Gasteiger partial charge on any atom is -0.334 e. The summed E-state index contributed by atoms with van der Waals surface area (Å²) in [7, 11) is 0. The van der Waals surface area contributed by atoms with E-state index < -0.39 is 0 Å². The molecule has 2 aliphatic rings. The lowest BCUT2D eigenvalue weighted by atomic mass is 9.65. The quantitative estimate of drug-likeness (QED) is 0.339. The summed E-state index contributed by atoms with van der Waals surface area (Å²) < 4.78 is 0. The highest BCUT2D eigenvalue weighted by Crippen LogP contribution is 2.50. The Hall–Kier alpha value is -3.65. The molecule has 0 radical (unpaired) electrons. The molecule has 1 aliphatic heterocycles. The van der Waals surface area contributed by atoms with Gasteiger partial charge >= 0.3 is 0 Å². The monoisotopic (exact) mass is 414 g/mol. The fraction of sp³-hybridized carbons (Fsp3) is 0.167. The van der Waals surface area contributed by atoms with Crippen LogP contribution in [-0.4, -0.2) is 11.0 Å². The normalized spacial score (nSPS) is 20.8. The van der Waals surface area contributed by atoms with Gasteiger partial charge in [-0.05, 0) is 41.5 Å². The van der Waals surface area contributed by atoms with E-state index in [9.17, 15) is 0 Å². The number of fused-ring (bicyclic) bond motifs is 3. The summed E-state index contributed by atoms with van der Waals surface area (Å²) >= 11 is 0. The van der Waals surface area contributed by atoms with Crippen molar-refractivity contribution in [2.24, 2.45) is 5.92 Å². The first-order valence-electron chi connectivity index (χ1n) is 11.3. The molecule has 0 fully saturated rings. The third-order valence-corrected chi connectivity index (χ3v) is 7.14. The van der Waals surface area contributed by atoms with Crippen LogP contribution in [0.15, 0.2) is 109 Å². The Morgan fingerprint density at radius 3 is 2.53 bits per heavy atom. The van der Waals surface area contributed by atoms with Crippen LogP contribution in [0, 0.1) is 5.92 Å². The second-order valence-electron chi connectivity index (χ2n) is 9.36. The Morgan fingerprint density at radius 2 is 1.59 bits per heavy atom. The third-order valence-electron chi connectivity index (χ3n) is 7.14. The molecule has 2 heteroatoms. The maximum absolute atomic E-state index is 4.69. The average Bonchev–Trinajstić information content (AvgIpc) is 2.84. The molecule has 0 saturated carbocycles. The first-order chi connectivity index (χ1) is 15.6. The lowest BCUT2D eigenvalue weighted by Crippen LogP contribution is -2.49. The van der Waals surface area contributed by atoms with Crippen molar-refractivity contribution in [3.63, 3.8) is 0 Å². The van der Waals surface area contributed by atoms with Crippen LogP contribution >= 0.6 is 0 Å². The number of hydrogen-bond acceptors (Lipinski definition) is 2. The smallest absolute Gasteiger partial charge is 0.0702 e. The first kappa shape index (κ1) is 19.1. The summed E-state index contributed by atoms with van der Waals surface area (Å²) in [6.45, 7) is 4.75. The molecule has 156 valence electrons. The van der Waals surface area contributed by atoms with Gasteiger partial charge in [-0.15, -0.1) is 0 Å². The number of rotatable bonds is 2. The second kappa shape index (κ2) is 7.20. The van der Waals surface area contributed by atoms with Gasteiger partial charge in [0.15, 0.2) is 0 Å². The van der Waals surface area contributed by atoms with Crippen LogP contribution in [0.4, 0.5) is 11.4 Å². The van der Waals surface area contributed by atoms with E-state index in [0.29, 0.717) is 5.92 Å². The maximum Gasteiger partial charge on any atom is 0.0702 e. The summed E-state index contributed by atoms with van der Waals surface area (Å²) in [4.78, 5) is 7.20. The molecule has 0 N–H and O–H groups in total. The molecule has 2 atom stereocenters. The number of hydrogen-bond donors (Lipinski definition) is 0. The lowest BCUT2D eigenvalue weighted by molar-refractivity contribution is 0.332. The Morgan fingerprint density at radius 1 is 0.781 bits per heavy atom. The number of anilines is 2. The molecule has 0 amide bonds. The van der Waals surface area contributed by atoms with Crippen LogP contribution in [0.2, 0.25) is 0 Å². The summed E-state index contributed by atoms with van der Waals surface area (Å²) in [6, 6.07) is 28.6. The lowest BCUT2D eigenvalue weighted by Gasteiger charge is -2.50. The summed E-state index contributed by atoms with van der Waals surface area (Å²) in [5.41, 5.74) is 7.35. The van der Waals surface area contributed by atoms with Crippen molar-refractivity contribution in [3.8, 4) is 11.1 Å². The predicted octanol–water partition coefficient (Wildman–Crippen LogP) is 7.44. The van der Waals surface area contributed by atoms with E-state index in [1.165, 1.54) is 27.9 Å². The van der Waals surface area contributed by atoms with Gasteiger partial charge in [-0.1, -0.05) is 86.7 Å². The molecule has 0 bridgehead atoms. The molecule has 0 spiro atoms. The zero-order chi connectivity index (χ0) is 21.7. The van der Waals surface area contributed by atoms with Gasteiger partial charge in [-0.2, -0.15) is 0 Å². The predicted molar refractivity (Wildman–Crippen MR) is 134 cm³/mol. The fourth-order valence-electron chi connectivity index (χ4n) is 5.45. The van der Waals surface area contributed by atoms with Gasteiger partial charge in [0.25, 0.3) is 0 Å². The molecule has 2 unspecified atom stereocenters. The number of benzene rings is 3. The minimum absolute atomic E-state index is 0.0683. The van der Waals surface area contributed by atoms with Crippen molar-refractivity contribution in [3.05, 3.63) is 115 Å². The number of pyridine rings is 1. The zero-order valence-electron chi connectivity index (χ0n) is 18.4. The minimum atomic E-state index is 0.0683. The summed E-state index contributed by atoms with van der Waals surface area (Å²) in [6.07, 6.45) is 11.1. The van der Waals surface area contributed by atoms with Crippen LogP contribution in [0.25, 0.3) is 22.0 Å². The van der Waals surface area contributed by atoms with Crippen molar-refractivity contribution in [1.29, 1.82) is 0 Å². The molecular formula is C30H26N2. The SMILES string of the molecule is CC1(C)c2ccccc2N(c2cccc(-c3cnc4ccccc4c3)c2)C2C=CC=CC21. The third kappa shape index (κ3) is 2.90. The Kier molecular flexibility index (Phi) is 4.29. The topological polar surface area (TPSA) is 16.1 Å². The summed E-state index contributed by atoms with van der Waals surface area (Å²) in [5, 5.41) is 1.17. The van der Waals surface area contributed by atoms with Gasteiger partial charge in [0, 0.05) is 39.9 Å². The van der Waals surface area contributed by atoms with Crippen LogP contribution in [-0.2, 0) is 5.41 Å². The van der Waals surface area contributed by atoms with E-state index >= 15 is 0 Å². The van der Waals surface area contributed by atoms with Gasteiger partial charge in [-0.25, -0.2) is 0 Å². The number of aromatic nitrogens is 1. The molecule has 2 heterocycles. The average molecular weight is 415 g/mol. The van der Waals surface area contributed by atoms with Gasteiger partial charge in [-0.3, -0.25) is 4.98 Å². The highest BCUT2D eigenvalue weighted by atomic mass is 15.2. The largest absolute Gasteiger partial charge is 0.334 e. The second-order valence-corrected chi connectivity index (χ2v) is 9.36. The molecule has 6 rings (SSSR count). The van der Waals surface area contributed by atoms with Gasteiger partial charge in [0.1, 0.15) is 0 Å². The van der Waals surface area contributed by atoms with E-state index in [1.54, 1.807) is 0 Å². The van der Waals surface area contributed by atoms with E-state index in [4.69, 9.17) is 0 Å². The van der Waals surface area contributed by atoms with E-state index in [2.05, 4.69) is 121 Å². The van der Waals surface area contributed by atoms with E-state index in [0.717, 1.165) is 11.1 Å². The van der Waals surface area contributed by atoms with Crippen LogP contribution in [0.5, 0.6) is 0 Å². The Balaban J connectivity index is 1.50. The highest BCUT2D eigenvalue weighted by Gasteiger charge is 2.44. The van der Waals surface area contributed by atoms with E-state index in [1.807, 2.05) is 12.3 Å². The number of allylic oxidation sites excluding steroid dienone is 2. The molecule has 32 heavy (non-hydrogen) atoms. The van der Waals surface area contributed by atoms with Crippen molar-refractivity contribution < 1.29 is 0 Å². The fourth-order valence-corrected chi connectivity index (χ4v) is 5.45. The molecule has 4 aromatic rings. The first-order valence-corrected chi connectivity index (χ1v) is 11.3. The maximum atomic E-state index is 4.69. The van der Waals surface area contributed by atoms with Gasteiger partial charge in [0.05, 0.1) is 11.6 Å². The molecule has 3 aromatic carbocycles. The Labute approximate surface area is 189 Å². The zero-order valence-corrected chi connectivity index (χ0v) is 18.4. The molecule has 1 aliphatic carbocycles. The standard InChI is InChI=1S/C30H26N2/c1-30(2)25-13-4-7-16-28(25)32(29-17-8-5-14-26(29)30)24-12-9-11-21(19-24)23-18-22-10-3-6-15-27(22)31-20-23/h3-20,25,28H,1-2H3. The number of para-hydroxylation sites is 2. The van der Waals surface area contributed by atoms with Crippen molar-refractivity contribution in [2.45, 2.75) is 25.3 Å². The number of nitrogens with zero attached hydrogens (tertiary/aromatic N) is 2. The van der Waals surface area contributed by atoms with Gasteiger partial charge < -0.3 is 4.90 Å². The van der Waals surface area contributed by atoms with Crippen LogP contribution < -0.4 is 4.90 Å². The van der Waals surface area contributed by atoms with Crippen molar-refractivity contribution in [1.82, 2.24) is 4.98 Å². The van der Waals surface area contributed by atoms with Gasteiger partial charge in [0.2, 0.25) is 0 Å². The molecule has 2 nitrogen and oxygen atoms in total. The molecule has 1 aromatic heterocycles. The van der Waals surface area contributed by atoms with Crippen LogP contribution in [0.3, 0.4) is 0 Å². The highest BCUT2D eigenvalue weighted by molar-refractivity contribution is 5.84. The van der Waals surface area contributed by atoms with Crippen LogP contribution in [0.1, 0.15) is 19.4 Å². The molecular weight excluding hydrogens is 388 g/mol. The van der Waals surface area contributed by atoms with E-state index in [-0.39, 0.29) is 11.5 Å². The molecule has 0 saturated heterocycles. The Bertz CT molecular complexity index is 1380. The van der Waals surface area contributed by atoms with Crippen molar-refractivity contribution in [2.75, 3.05) is 4.90 Å². The summed E-state index contributed by atoms with van der Waals surface area (Å²) in [5.74, 6) is 0.411. The van der Waals surface area contributed by atoms with Crippen molar-refractivity contribution >= 4 is 22.3 Å².